The van der Waals surface area contributed by atoms with Crippen LogP contribution in [-0.4, -0.2) is 63.2 Å². The number of fused-ring (bicyclic) bond motifs is 1. The SMILES string of the molecule is CCc1nc2c(c(C(F)F)n1)CCN(C(=O)CC(N)CN1CC(F)(F)CCC1=O)C2. The van der Waals surface area contributed by atoms with Crippen molar-refractivity contribution in [3.8, 4) is 0 Å². The number of hydrogen-bond acceptors (Lipinski definition) is 5. The van der Waals surface area contributed by atoms with Crippen molar-refractivity contribution in [2.45, 2.75) is 64.0 Å². The molecule has 3 heterocycles. The van der Waals surface area contributed by atoms with E-state index >= 15 is 0 Å². The second-order valence-electron chi connectivity index (χ2n) is 7.76. The van der Waals surface area contributed by atoms with Crippen molar-refractivity contribution in [3.63, 3.8) is 0 Å². The first kappa shape index (κ1) is 22.4. The minimum Gasteiger partial charge on any atom is -0.336 e. The highest BCUT2D eigenvalue weighted by Gasteiger charge is 2.39. The molecule has 0 saturated carbocycles. The predicted octanol–water partition coefficient (Wildman–Crippen LogP) is 1.84. The molecule has 0 radical (unpaired) electrons. The molecule has 0 spiro atoms. The van der Waals surface area contributed by atoms with Crippen LogP contribution in [0, 0.1) is 0 Å². The Kier molecular flexibility index (Phi) is 6.59. The maximum Gasteiger partial charge on any atom is 0.280 e. The molecular weight excluding hydrogens is 406 g/mol. The lowest BCUT2D eigenvalue weighted by atomic mass is 10.0. The number of carbonyl (C=O) groups is 2. The van der Waals surface area contributed by atoms with Crippen molar-refractivity contribution in [3.05, 3.63) is 22.8 Å². The molecule has 2 amide bonds. The molecule has 1 unspecified atom stereocenters. The van der Waals surface area contributed by atoms with Crippen molar-refractivity contribution >= 4 is 11.8 Å². The van der Waals surface area contributed by atoms with Crippen molar-refractivity contribution in [1.29, 1.82) is 0 Å². The molecule has 11 heteroatoms. The van der Waals surface area contributed by atoms with Gasteiger partial charge >= 0.3 is 0 Å². The summed E-state index contributed by atoms with van der Waals surface area (Å²) in [5, 5.41) is 0. The molecule has 7 nitrogen and oxygen atoms in total. The van der Waals surface area contributed by atoms with Crippen LogP contribution in [0.5, 0.6) is 0 Å². The summed E-state index contributed by atoms with van der Waals surface area (Å²) < 4.78 is 53.8. The molecule has 1 aromatic heterocycles. The number of piperidine rings is 1. The second-order valence-corrected chi connectivity index (χ2v) is 7.76. The minimum atomic E-state index is -2.95. The van der Waals surface area contributed by atoms with Gasteiger partial charge in [-0.3, -0.25) is 9.59 Å². The Hall–Kier alpha value is -2.30. The zero-order valence-electron chi connectivity index (χ0n) is 16.7. The summed E-state index contributed by atoms with van der Waals surface area (Å²) >= 11 is 0. The number of carbonyl (C=O) groups excluding carboxylic acids is 2. The Balaban J connectivity index is 1.63. The Morgan fingerprint density at radius 3 is 2.67 bits per heavy atom. The van der Waals surface area contributed by atoms with Gasteiger partial charge in [0.25, 0.3) is 12.3 Å². The summed E-state index contributed by atoms with van der Waals surface area (Å²) in [6.07, 6.45) is -2.99. The number of aryl methyl sites for hydroxylation is 1. The number of hydrogen-bond donors (Lipinski definition) is 1. The number of amides is 2. The van der Waals surface area contributed by atoms with Crippen LogP contribution in [0.3, 0.4) is 0 Å². The third kappa shape index (κ3) is 5.05. The molecule has 0 bridgehead atoms. The van der Waals surface area contributed by atoms with Crippen molar-refractivity contribution < 1.29 is 27.2 Å². The second kappa shape index (κ2) is 8.83. The first-order valence-corrected chi connectivity index (χ1v) is 9.95. The third-order valence-corrected chi connectivity index (χ3v) is 5.39. The Bertz CT molecular complexity index is 820. The van der Waals surface area contributed by atoms with Crippen LogP contribution in [-0.2, 0) is 29.0 Å². The van der Waals surface area contributed by atoms with E-state index in [4.69, 9.17) is 5.73 Å². The fourth-order valence-corrected chi connectivity index (χ4v) is 3.83. The highest BCUT2D eigenvalue weighted by molar-refractivity contribution is 5.78. The molecule has 1 aromatic rings. The lowest BCUT2D eigenvalue weighted by molar-refractivity contribution is -0.148. The number of nitrogens with two attached hydrogens (primary N) is 1. The van der Waals surface area contributed by atoms with Gasteiger partial charge < -0.3 is 15.5 Å². The number of halogens is 4. The van der Waals surface area contributed by atoms with E-state index in [0.717, 1.165) is 4.90 Å². The van der Waals surface area contributed by atoms with E-state index in [1.54, 1.807) is 6.92 Å². The summed E-state index contributed by atoms with van der Waals surface area (Å²) in [5.41, 5.74) is 6.44. The number of aromatic nitrogens is 2. The minimum absolute atomic E-state index is 0.0663. The number of likely N-dealkylation sites (tertiary alicyclic amines) is 1. The summed E-state index contributed by atoms with van der Waals surface area (Å²) in [6.45, 7) is 1.21. The van der Waals surface area contributed by atoms with Crippen LogP contribution in [0.4, 0.5) is 17.6 Å². The molecule has 2 aliphatic heterocycles. The first-order chi connectivity index (χ1) is 14.1. The maximum atomic E-state index is 13.5. The molecule has 166 valence electrons. The Morgan fingerprint density at radius 1 is 1.27 bits per heavy atom. The van der Waals surface area contributed by atoms with E-state index in [-0.39, 0.29) is 50.5 Å². The van der Waals surface area contributed by atoms with Crippen molar-refractivity contribution in [1.82, 2.24) is 19.8 Å². The van der Waals surface area contributed by atoms with E-state index < -0.39 is 37.3 Å². The van der Waals surface area contributed by atoms with Crippen molar-refractivity contribution in [2.24, 2.45) is 5.73 Å². The largest absolute Gasteiger partial charge is 0.336 e. The number of rotatable bonds is 6. The van der Waals surface area contributed by atoms with Gasteiger partial charge in [-0.2, -0.15) is 0 Å². The fraction of sp³-hybridized carbons (Fsp3) is 0.684. The predicted molar refractivity (Wildman–Crippen MR) is 98.8 cm³/mol. The van der Waals surface area contributed by atoms with Crippen LogP contribution in [0.25, 0.3) is 0 Å². The van der Waals surface area contributed by atoms with Gasteiger partial charge in [0.15, 0.2) is 0 Å². The first-order valence-electron chi connectivity index (χ1n) is 9.95. The quantitative estimate of drug-likeness (QED) is 0.694. The number of alkyl halides is 4. The van der Waals surface area contributed by atoms with Gasteiger partial charge in [0.1, 0.15) is 11.5 Å². The smallest absolute Gasteiger partial charge is 0.280 e. The highest BCUT2D eigenvalue weighted by atomic mass is 19.3. The molecule has 30 heavy (non-hydrogen) atoms. The van der Waals surface area contributed by atoms with Gasteiger partial charge in [-0.15, -0.1) is 0 Å². The standard InChI is InChI=1S/C19H25F4N5O2/c1-2-14-25-13-9-27(6-4-12(13)17(26-14)18(20)21)16(30)7-11(24)8-28-10-19(22,23)5-3-15(28)29/h11,18H,2-10,24H2,1H3. The molecule has 0 aromatic carbocycles. The van der Waals surface area contributed by atoms with Gasteiger partial charge in [-0.05, 0) is 6.42 Å². The van der Waals surface area contributed by atoms with Crippen LogP contribution in [0.15, 0.2) is 0 Å². The van der Waals surface area contributed by atoms with Crippen LogP contribution >= 0.6 is 0 Å². The topological polar surface area (TPSA) is 92.4 Å². The van der Waals surface area contributed by atoms with E-state index in [1.807, 2.05) is 0 Å². The highest BCUT2D eigenvalue weighted by Crippen LogP contribution is 2.29. The zero-order valence-corrected chi connectivity index (χ0v) is 16.7. The lowest BCUT2D eigenvalue weighted by Gasteiger charge is -2.34. The Labute approximate surface area is 171 Å². The fourth-order valence-electron chi connectivity index (χ4n) is 3.83. The third-order valence-electron chi connectivity index (χ3n) is 5.39. The molecule has 3 rings (SSSR count). The van der Waals surface area contributed by atoms with Gasteiger partial charge in [0, 0.05) is 50.4 Å². The van der Waals surface area contributed by atoms with Gasteiger partial charge in [0.2, 0.25) is 11.8 Å². The van der Waals surface area contributed by atoms with Gasteiger partial charge in [-0.25, -0.2) is 27.5 Å². The molecule has 1 fully saturated rings. The van der Waals surface area contributed by atoms with Crippen LogP contribution in [0.2, 0.25) is 0 Å². The molecule has 0 aliphatic carbocycles. The van der Waals surface area contributed by atoms with Crippen LogP contribution in [0.1, 0.15) is 55.4 Å². The summed E-state index contributed by atoms with van der Waals surface area (Å²) in [6, 6.07) is -0.801. The molecule has 2 aliphatic rings. The van der Waals surface area contributed by atoms with E-state index in [0.29, 0.717) is 23.5 Å². The Morgan fingerprint density at radius 2 is 2.00 bits per heavy atom. The van der Waals surface area contributed by atoms with E-state index in [2.05, 4.69) is 9.97 Å². The van der Waals surface area contributed by atoms with Gasteiger partial charge in [-0.1, -0.05) is 6.92 Å². The van der Waals surface area contributed by atoms with Crippen molar-refractivity contribution in [2.75, 3.05) is 19.6 Å². The maximum absolute atomic E-state index is 13.5. The molecular formula is C19H25F4N5O2. The molecule has 1 atom stereocenters. The van der Waals surface area contributed by atoms with Gasteiger partial charge in [0.05, 0.1) is 18.8 Å². The van der Waals surface area contributed by atoms with E-state index in [1.165, 1.54) is 4.90 Å². The zero-order chi connectivity index (χ0) is 22.1. The summed E-state index contributed by atoms with van der Waals surface area (Å²) in [7, 11) is 0. The lowest BCUT2D eigenvalue weighted by Crippen LogP contribution is -2.51. The summed E-state index contributed by atoms with van der Waals surface area (Å²) in [4.78, 5) is 35.2. The molecule has 2 N–H and O–H groups in total. The normalized spacial score (nSPS) is 19.8. The molecule has 1 saturated heterocycles. The average molecular weight is 431 g/mol. The monoisotopic (exact) mass is 431 g/mol. The van der Waals surface area contributed by atoms with E-state index in [9.17, 15) is 27.2 Å². The number of nitrogens with zero attached hydrogens (tertiary/aromatic N) is 4. The summed E-state index contributed by atoms with van der Waals surface area (Å²) in [5.74, 6) is -3.40. The average Bonchev–Trinajstić information content (AvgIpc) is 2.68. The van der Waals surface area contributed by atoms with Crippen LogP contribution < -0.4 is 5.73 Å².